The van der Waals surface area contributed by atoms with Gasteiger partial charge < -0.3 is 10.6 Å². The van der Waals surface area contributed by atoms with Crippen molar-refractivity contribution >= 4 is 36.3 Å². The maximum absolute atomic E-state index is 5.83. The largest absolute Gasteiger partial charge is 0.399 e. The summed E-state index contributed by atoms with van der Waals surface area (Å²) in [4.78, 5) is 7.46. The van der Waals surface area contributed by atoms with Crippen molar-refractivity contribution in [2.24, 2.45) is 4.99 Å². The molecule has 146 valence electrons. The third kappa shape index (κ3) is 4.67. The van der Waals surface area contributed by atoms with E-state index in [4.69, 9.17) is 10.7 Å². The number of fused-ring (bicyclic) bond motifs is 1. The molecule has 1 heterocycles. The number of nitrogens with two attached hydrogens (primary N) is 1. The van der Waals surface area contributed by atoms with Crippen LogP contribution >= 0.6 is 24.8 Å². The summed E-state index contributed by atoms with van der Waals surface area (Å²) in [6, 6.07) is 27.3. The lowest BCUT2D eigenvalue weighted by atomic mass is 9.95. The smallest absolute Gasteiger partial charge is 0.105 e. The van der Waals surface area contributed by atoms with Crippen LogP contribution < -0.4 is 5.73 Å². The Balaban J connectivity index is 0.00000140. The van der Waals surface area contributed by atoms with Gasteiger partial charge in [-0.25, -0.2) is 0 Å². The molecule has 5 heteroatoms. The topological polar surface area (TPSA) is 41.6 Å². The first-order valence-electron chi connectivity index (χ1n) is 8.95. The average molecular weight is 414 g/mol. The number of aliphatic imine (C=N–C) groups is 1. The van der Waals surface area contributed by atoms with Gasteiger partial charge >= 0.3 is 0 Å². The third-order valence-corrected chi connectivity index (χ3v) is 4.93. The fourth-order valence-corrected chi connectivity index (χ4v) is 3.50. The number of hydrogen-bond acceptors (Lipinski definition) is 3. The van der Waals surface area contributed by atoms with Crippen LogP contribution in [0.15, 0.2) is 83.9 Å². The van der Waals surface area contributed by atoms with E-state index in [1.807, 2.05) is 12.1 Å². The Hall–Kier alpha value is -2.49. The third-order valence-electron chi connectivity index (χ3n) is 4.93. The molecular formula is C23H25Cl2N3. The first-order chi connectivity index (χ1) is 12.7. The second kappa shape index (κ2) is 9.63. The summed E-state index contributed by atoms with van der Waals surface area (Å²) in [5, 5.41) is 0. The predicted octanol–water partition coefficient (Wildman–Crippen LogP) is 5.29. The Morgan fingerprint density at radius 3 is 2.25 bits per heavy atom. The van der Waals surface area contributed by atoms with Gasteiger partial charge in [-0.1, -0.05) is 66.7 Å². The quantitative estimate of drug-likeness (QED) is 0.592. The van der Waals surface area contributed by atoms with E-state index in [0.29, 0.717) is 0 Å². The lowest BCUT2D eigenvalue weighted by Gasteiger charge is -2.20. The van der Waals surface area contributed by atoms with E-state index in [0.717, 1.165) is 24.5 Å². The molecule has 3 aromatic rings. The Bertz CT molecular complexity index is 924. The zero-order chi connectivity index (χ0) is 17.9. The zero-order valence-corrected chi connectivity index (χ0v) is 17.4. The molecule has 1 aliphatic rings. The fraction of sp³-hybridized carbons (Fsp3) is 0.174. The van der Waals surface area contributed by atoms with Gasteiger partial charge in [-0.3, -0.25) is 4.99 Å². The van der Waals surface area contributed by atoms with E-state index in [-0.39, 0.29) is 30.9 Å². The lowest BCUT2D eigenvalue weighted by molar-refractivity contribution is 0.494. The molecule has 0 aliphatic carbocycles. The normalized spacial score (nSPS) is 15.4. The molecule has 1 aliphatic heterocycles. The number of amidine groups is 1. The van der Waals surface area contributed by atoms with Crippen LogP contribution in [-0.2, 0) is 13.0 Å². The van der Waals surface area contributed by atoms with E-state index in [9.17, 15) is 0 Å². The van der Waals surface area contributed by atoms with E-state index >= 15 is 0 Å². The highest BCUT2D eigenvalue weighted by molar-refractivity contribution is 5.86. The van der Waals surface area contributed by atoms with Crippen LogP contribution in [0, 0.1) is 0 Å². The predicted molar refractivity (Wildman–Crippen MR) is 123 cm³/mol. The molecule has 0 fully saturated rings. The molecule has 3 aromatic carbocycles. The summed E-state index contributed by atoms with van der Waals surface area (Å²) in [6.07, 6.45) is 0.800. The zero-order valence-electron chi connectivity index (χ0n) is 15.8. The van der Waals surface area contributed by atoms with Gasteiger partial charge in [0.2, 0.25) is 0 Å². The van der Waals surface area contributed by atoms with Crippen molar-refractivity contribution in [3.8, 4) is 0 Å². The number of rotatable bonds is 3. The van der Waals surface area contributed by atoms with Gasteiger partial charge in [-0.2, -0.15) is 0 Å². The Morgan fingerprint density at radius 2 is 1.54 bits per heavy atom. The summed E-state index contributed by atoms with van der Waals surface area (Å²) < 4.78 is 0. The highest BCUT2D eigenvalue weighted by atomic mass is 35.5. The van der Waals surface area contributed by atoms with Gasteiger partial charge in [0.05, 0.1) is 0 Å². The minimum Gasteiger partial charge on any atom is -0.399 e. The van der Waals surface area contributed by atoms with Crippen LogP contribution in [0.1, 0.15) is 28.3 Å². The summed E-state index contributed by atoms with van der Waals surface area (Å²) in [5.41, 5.74) is 11.7. The van der Waals surface area contributed by atoms with E-state index in [1.54, 1.807) is 0 Å². The number of nitrogens with zero attached hydrogens (tertiary/aromatic N) is 2. The number of nitrogen functional groups attached to an aromatic ring is 1. The van der Waals surface area contributed by atoms with Crippen LogP contribution in [-0.4, -0.2) is 17.8 Å². The van der Waals surface area contributed by atoms with Crippen molar-refractivity contribution in [2.45, 2.75) is 19.0 Å². The Kier molecular flexibility index (Phi) is 7.50. The average Bonchev–Trinajstić information content (AvgIpc) is 2.81. The molecule has 0 aromatic heterocycles. The summed E-state index contributed by atoms with van der Waals surface area (Å²) in [7, 11) is 2.13. The van der Waals surface area contributed by atoms with Crippen LogP contribution in [0.3, 0.4) is 0 Å². The molecule has 0 bridgehead atoms. The molecule has 28 heavy (non-hydrogen) atoms. The van der Waals surface area contributed by atoms with Crippen molar-refractivity contribution in [1.82, 2.24) is 4.90 Å². The number of likely N-dealkylation sites (N-methyl/N-ethyl adjacent to an activating group) is 1. The minimum absolute atomic E-state index is 0. The maximum Gasteiger partial charge on any atom is 0.105 e. The first-order valence-corrected chi connectivity index (χ1v) is 8.95. The van der Waals surface area contributed by atoms with E-state index in [2.05, 4.69) is 78.7 Å². The summed E-state index contributed by atoms with van der Waals surface area (Å²) >= 11 is 0. The van der Waals surface area contributed by atoms with Crippen molar-refractivity contribution in [2.75, 3.05) is 12.8 Å². The van der Waals surface area contributed by atoms with E-state index < -0.39 is 0 Å². The molecular weight excluding hydrogens is 389 g/mol. The monoisotopic (exact) mass is 413 g/mol. The molecule has 0 amide bonds. The van der Waals surface area contributed by atoms with Crippen LogP contribution in [0.25, 0.3) is 0 Å². The number of anilines is 1. The van der Waals surface area contributed by atoms with Crippen molar-refractivity contribution in [1.29, 1.82) is 0 Å². The highest BCUT2D eigenvalue weighted by Gasteiger charge is 2.23. The highest BCUT2D eigenvalue weighted by Crippen LogP contribution is 2.32. The molecule has 0 spiro atoms. The molecule has 3 nitrogen and oxygen atoms in total. The first kappa shape index (κ1) is 21.8. The van der Waals surface area contributed by atoms with Gasteiger partial charge in [-0.15, -0.1) is 24.8 Å². The van der Waals surface area contributed by atoms with Gasteiger partial charge in [0.1, 0.15) is 11.9 Å². The fourth-order valence-electron chi connectivity index (χ4n) is 3.50. The van der Waals surface area contributed by atoms with Crippen molar-refractivity contribution < 1.29 is 0 Å². The molecule has 2 N–H and O–H groups in total. The number of benzene rings is 3. The molecule has 1 atom stereocenters. The standard InChI is InChI=1S/C23H23N3.2ClH/c1-26-16-19-9-5-6-10-21(19)23(18-7-3-2-4-8-18)25-22(26)15-17-11-13-20(24)14-12-17;;/h2-14,23H,15-16,24H2,1H3;2*1H. The molecule has 4 rings (SSSR count). The second-order valence-corrected chi connectivity index (χ2v) is 6.83. The summed E-state index contributed by atoms with van der Waals surface area (Å²) in [6.45, 7) is 0.868. The molecule has 1 unspecified atom stereocenters. The van der Waals surface area contributed by atoms with Crippen LogP contribution in [0.5, 0.6) is 0 Å². The SMILES string of the molecule is CN1Cc2ccccc2C(c2ccccc2)N=C1Cc1ccc(N)cc1.Cl.Cl. The molecule has 0 saturated carbocycles. The molecule has 0 radical (unpaired) electrons. The summed E-state index contributed by atoms with van der Waals surface area (Å²) in [5.74, 6) is 1.10. The minimum atomic E-state index is 0. The van der Waals surface area contributed by atoms with E-state index in [1.165, 1.54) is 22.3 Å². The van der Waals surface area contributed by atoms with Crippen LogP contribution in [0.2, 0.25) is 0 Å². The lowest BCUT2D eigenvalue weighted by Crippen LogP contribution is -2.27. The van der Waals surface area contributed by atoms with Gasteiger partial charge in [0.15, 0.2) is 0 Å². The van der Waals surface area contributed by atoms with Gasteiger partial charge in [-0.05, 0) is 34.4 Å². The van der Waals surface area contributed by atoms with Crippen molar-refractivity contribution in [3.05, 3.63) is 101 Å². The van der Waals surface area contributed by atoms with Gasteiger partial charge in [0.25, 0.3) is 0 Å². The van der Waals surface area contributed by atoms with Gasteiger partial charge in [0, 0.05) is 25.7 Å². The molecule has 0 saturated heterocycles. The second-order valence-electron chi connectivity index (χ2n) is 6.83. The Morgan fingerprint density at radius 1 is 0.893 bits per heavy atom. The number of hydrogen-bond donors (Lipinski definition) is 1. The number of halogens is 2. The maximum atomic E-state index is 5.83. The van der Waals surface area contributed by atoms with Crippen molar-refractivity contribution in [3.63, 3.8) is 0 Å². The Labute approximate surface area is 179 Å². The van der Waals surface area contributed by atoms with Crippen LogP contribution in [0.4, 0.5) is 5.69 Å².